The molecule has 0 bridgehead atoms. The van der Waals surface area contributed by atoms with Gasteiger partial charge in [0.05, 0.1) is 19.3 Å². The van der Waals surface area contributed by atoms with Gasteiger partial charge >= 0.3 is 0 Å². The molecule has 0 atom stereocenters. The van der Waals surface area contributed by atoms with Gasteiger partial charge in [-0.25, -0.2) is 4.98 Å². The average Bonchev–Trinajstić information content (AvgIpc) is 2.07. The maximum atomic E-state index is 8.97. The standard InChI is InChI=1S/C9H7ClN2O/c10-8-2-1-7(3-12-8)9(4-11)5-13-6-9/h1-3H,5-6H2. The van der Waals surface area contributed by atoms with Gasteiger partial charge in [0.1, 0.15) is 10.6 Å². The Morgan fingerprint density at radius 1 is 1.54 bits per heavy atom. The van der Waals surface area contributed by atoms with Crippen molar-refractivity contribution < 1.29 is 4.74 Å². The lowest BCUT2D eigenvalue weighted by atomic mass is 9.81. The third kappa shape index (κ3) is 1.28. The van der Waals surface area contributed by atoms with Crippen LogP contribution in [0, 0.1) is 11.3 Å². The molecule has 0 radical (unpaired) electrons. The van der Waals surface area contributed by atoms with Crippen LogP contribution in [0.3, 0.4) is 0 Å². The zero-order valence-corrected chi connectivity index (χ0v) is 7.58. The number of ether oxygens (including phenoxy) is 1. The number of halogens is 1. The van der Waals surface area contributed by atoms with Crippen molar-refractivity contribution in [3.05, 3.63) is 29.0 Å². The second-order valence-corrected chi connectivity index (χ2v) is 3.44. The second-order valence-electron chi connectivity index (χ2n) is 3.06. The van der Waals surface area contributed by atoms with Gasteiger partial charge in [0.2, 0.25) is 0 Å². The molecule has 1 saturated heterocycles. The summed E-state index contributed by atoms with van der Waals surface area (Å²) in [6, 6.07) is 5.75. The zero-order valence-electron chi connectivity index (χ0n) is 6.83. The van der Waals surface area contributed by atoms with Crippen molar-refractivity contribution in [1.29, 1.82) is 5.26 Å². The highest BCUT2D eigenvalue weighted by molar-refractivity contribution is 6.29. The SMILES string of the molecule is N#CC1(c2ccc(Cl)nc2)COC1. The Labute approximate surface area is 80.9 Å². The van der Waals surface area contributed by atoms with Crippen LogP contribution in [0.5, 0.6) is 0 Å². The summed E-state index contributed by atoms with van der Waals surface area (Å²) in [5, 5.41) is 9.41. The van der Waals surface area contributed by atoms with E-state index >= 15 is 0 Å². The first-order chi connectivity index (χ1) is 6.27. The van der Waals surface area contributed by atoms with E-state index in [9.17, 15) is 0 Å². The summed E-state index contributed by atoms with van der Waals surface area (Å²) < 4.78 is 5.03. The molecule has 0 saturated carbocycles. The quantitative estimate of drug-likeness (QED) is 0.637. The number of nitrogens with zero attached hydrogens (tertiary/aromatic N) is 2. The van der Waals surface area contributed by atoms with E-state index in [0.717, 1.165) is 5.56 Å². The van der Waals surface area contributed by atoms with E-state index in [2.05, 4.69) is 11.1 Å². The molecule has 1 aromatic heterocycles. The summed E-state index contributed by atoms with van der Waals surface area (Å²) >= 11 is 5.64. The molecule has 2 rings (SSSR count). The van der Waals surface area contributed by atoms with Gasteiger partial charge in [-0.1, -0.05) is 17.7 Å². The Morgan fingerprint density at radius 3 is 2.69 bits per heavy atom. The van der Waals surface area contributed by atoms with E-state index < -0.39 is 5.41 Å². The van der Waals surface area contributed by atoms with Crippen LogP contribution in [0.2, 0.25) is 5.15 Å². The average molecular weight is 195 g/mol. The van der Waals surface area contributed by atoms with Gasteiger partial charge in [0, 0.05) is 6.20 Å². The maximum Gasteiger partial charge on any atom is 0.130 e. The minimum Gasteiger partial charge on any atom is -0.377 e. The van der Waals surface area contributed by atoms with E-state index in [1.165, 1.54) is 0 Å². The van der Waals surface area contributed by atoms with Gasteiger partial charge in [-0.05, 0) is 11.6 Å². The smallest absolute Gasteiger partial charge is 0.130 e. The summed E-state index contributed by atoms with van der Waals surface area (Å²) in [5.74, 6) is 0. The van der Waals surface area contributed by atoms with Crippen molar-refractivity contribution in [2.75, 3.05) is 13.2 Å². The number of aromatic nitrogens is 1. The molecule has 0 aliphatic carbocycles. The number of hydrogen-bond acceptors (Lipinski definition) is 3. The molecule has 66 valence electrons. The predicted octanol–water partition coefficient (Wildman–Crippen LogP) is 1.53. The highest BCUT2D eigenvalue weighted by Crippen LogP contribution is 2.31. The molecule has 1 aliphatic heterocycles. The fraction of sp³-hybridized carbons (Fsp3) is 0.333. The molecule has 1 aliphatic rings. The molecule has 0 unspecified atom stereocenters. The first-order valence-electron chi connectivity index (χ1n) is 3.88. The molecule has 0 aromatic carbocycles. The van der Waals surface area contributed by atoms with Gasteiger partial charge in [0.15, 0.2) is 0 Å². The summed E-state index contributed by atoms with van der Waals surface area (Å²) in [7, 11) is 0. The monoisotopic (exact) mass is 194 g/mol. The Kier molecular flexibility index (Phi) is 1.95. The second kappa shape index (κ2) is 2.99. The van der Waals surface area contributed by atoms with Gasteiger partial charge in [0.25, 0.3) is 0 Å². The van der Waals surface area contributed by atoms with Crippen LogP contribution in [0.4, 0.5) is 0 Å². The Balaban J connectivity index is 2.35. The van der Waals surface area contributed by atoms with Crippen LogP contribution in [-0.2, 0) is 10.2 Å². The molecule has 13 heavy (non-hydrogen) atoms. The zero-order chi connectivity index (χ0) is 9.31. The Bertz CT molecular complexity index is 351. The first kappa shape index (κ1) is 8.49. The van der Waals surface area contributed by atoms with Crippen LogP contribution in [0.25, 0.3) is 0 Å². The molecule has 0 spiro atoms. The van der Waals surface area contributed by atoms with Crippen LogP contribution < -0.4 is 0 Å². The van der Waals surface area contributed by atoms with Crippen molar-refractivity contribution in [1.82, 2.24) is 4.98 Å². The number of nitriles is 1. The summed E-state index contributed by atoms with van der Waals surface area (Å²) in [6.07, 6.45) is 1.63. The van der Waals surface area contributed by atoms with E-state index in [-0.39, 0.29) is 0 Å². The lowest BCUT2D eigenvalue weighted by Gasteiger charge is -2.34. The van der Waals surface area contributed by atoms with Crippen LogP contribution in [0.1, 0.15) is 5.56 Å². The molecule has 0 amide bonds. The fourth-order valence-electron chi connectivity index (χ4n) is 1.26. The molecule has 4 heteroatoms. The van der Waals surface area contributed by atoms with Gasteiger partial charge in [-0.3, -0.25) is 0 Å². The molecule has 2 heterocycles. The van der Waals surface area contributed by atoms with Crippen molar-refractivity contribution in [2.45, 2.75) is 5.41 Å². The molecule has 1 fully saturated rings. The third-order valence-corrected chi connectivity index (χ3v) is 2.41. The molecule has 0 N–H and O–H groups in total. The molecule has 1 aromatic rings. The summed E-state index contributed by atoms with van der Waals surface area (Å²) in [5.41, 5.74) is 0.392. The molecular formula is C9H7ClN2O. The van der Waals surface area contributed by atoms with Crippen molar-refractivity contribution in [2.24, 2.45) is 0 Å². The van der Waals surface area contributed by atoms with Crippen LogP contribution in [0.15, 0.2) is 18.3 Å². The van der Waals surface area contributed by atoms with Crippen LogP contribution >= 0.6 is 11.6 Å². The van der Waals surface area contributed by atoms with Crippen molar-refractivity contribution >= 4 is 11.6 Å². The minimum atomic E-state index is -0.489. The van der Waals surface area contributed by atoms with E-state index in [1.807, 2.05) is 6.07 Å². The highest BCUT2D eigenvalue weighted by Gasteiger charge is 2.40. The first-order valence-corrected chi connectivity index (χ1v) is 4.26. The Morgan fingerprint density at radius 2 is 2.31 bits per heavy atom. The Hall–Kier alpha value is -1.11. The van der Waals surface area contributed by atoms with Crippen molar-refractivity contribution in [3.63, 3.8) is 0 Å². The lowest BCUT2D eigenvalue weighted by molar-refractivity contribution is -0.0299. The normalized spacial score (nSPS) is 18.8. The van der Waals surface area contributed by atoms with Gasteiger partial charge in [-0.2, -0.15) is 5.26 Å². The van der Waals surface area contributed by atoms with Gasteiger partial charge in [-0.15, -0.1) is 0 Å². The van der Waals surface area contributed by atoms with E-state index in [4.69, 9.17) is 21.6 Å². The highest BCUT2D eigenvalue weighted by atomic mass is 35.5. The minimum absolute atomic E-state index is 0.442. The molecule has 3 nitrogen and oxygen atoms in total. The van der Waals surface area contributed by atoms with Crippen molar-refractivity contribution in [3.8, 4) is 6.07 Å². The number of pyridine rings is 1. The summed E-state index contributed by atoms with van der Waals surface area (Å²) in [4.78, 5) is 3.93. The third-order valence-electron chi connectivity index (χ3n) is 2.19. The van der Waals surface area contributed by atoms with E-state index in [1.54, 1.807) is 12.3 Å². The number of hydrogen-bond donors (Lipinski definition) is 0. The lowest BCUT2D eigenvalue weighted by Crippen LogP contribution is -2.45. The molecular weight excluding hydrogens is 188 g/mol. The fourth-order valence-corrected chi connectivity index (χ4v) is 1.37. The number of rotatable bonds is 1. The van der Waals surface area contributed by atoms with E-state index in [0.29, 0.717) is 18.4 Å². The predicted molar refractivity (Wildman–Crippen MR) is 47.4 cm³/mol. The maximum absolute atomic E-state index is 8.97. The van der Waals surface area contributed by atoms with Gasteiger partial charge < -0.3 is 4.74 Å². The topological polar surface area (TPSA) is 45.9 Å². The largest absolute Gasteiger partial charge is 0.377 e. The van der Waals surface area contributed by atoms with Crippen LogP contribution in [-0.4, -0.2) is 18.2 Å². The summed E-state index contributed by atoms with van der Waals surface area (Å²) in [6.45, 7) is 0.902.